The number of hydrogen-bond acceptors (Lipinski definition) is 5. The lowest BCUT2D eigenvalue weighted by molar-refractivity contribution is 0.0950. The number of carbonyl (C=O) groups excluding carboxylic acids is 1. The minimum absolute atomic E-state index is 0.142. The van der Waals surface area contributed by atoms with E-state index in [1.807, 2.05) is 30.3 Å². The van der Waals surface area contributed by atoms with Crippen LogP contribution in [0.25, 0.3) is 0 Å². The minimum Gasteiger partial charge on any atom is -0.493 e. The second-order valence-corrected chi connectivity index (χ2v) is 6.89. The lowest BCUT2D eigenvalue weighted by atomic mass is 10.1. The number of rotatable bonds is 9. The molecule has 2 aromatic carbocycles. The van der Waals surface area contributed by atoms with Crippen molar-refractivity contribution in [1.82, 2.24) is 10.6 Å². The van der Waals surface area contributed by atoms with Gasteiger partial charge in [0.2, 0.25) is 5.75 Å². The van der Waals surface area contributed by atoms with Gasteiger partial charge in [-0.25, -0.2) is 0 Å². The van der Waals surface area contributed by atoms with Crippen LogP contribution in [0.3, 0.4) is 0 Å². The summed E-state index contributed by atoms with van der Waals surface area (Å²) >= 11 is 0. The molecule has 0 saturated carbocycles. The normalized spacial score (nSPS) is 15.9. The fourth-order valence-electron chi connectivity index (χ4n) is 3.34. The van der Waals surface area contributed by atoms with E-state index in [0.717, 1.165) is 25.1 Å². The van der Waals surface area contributed by atoms with E-state index in [1.54, 1.807) is 26.4 Å². The molecule has 0 aliphatic carbocycles. The quantitative estimate of drug-likeness (QED) is 0.696. The Labute approximate surface area is 166 Å². The molecule has 28 heavy (non-hydrogen) atoms. The zero-order valence-electron chi connectivity index (χ0n) is 16.5. The molecule has 0 spiro atoms. The van der Waals surface area contributed by atoms with Gasteiger partial charge in [0.25, 0.3) is 5.91 Å². The summed E-state index contributed by atoms with van der Waals surface area (Å²) in [5.74, 6) is 1.93. The molecule has 0 radical (unpaired) electrons. The van der Waals surface area contributed by atoms with Crippen LogP contribution in [0.2, 0.25) is 0 Å². The average molecular weight is 384 g/mol. The number of amides is 1. The molecule has 0 bridgehead atoms. The first-order chi connectivity index (χ1) is 13.7. The van der Waals surface area contributed by atoms with Crippen LogP contribution < -0.4 is 24.8 Å². The van der Waals surface area contributed by atoms with Crippen molar-refractivity contribution in [2.24, 2.45) is 5.92 Å². The van der Waals surface area contributed by atoms with Crippen molar-refractivity contribution in [2.75, 3.05) is 33.9 Å². The Morgan fingerprint density at radius 2 is 1.86 bits per heavy atom. The first kappa shape index (κ1) is 20.0. The molecule has 6 heteroatoms. The van der Waals surface area contributed by atoms with E-state index < -0.39 is 0 Å². The topological polar surface area (TPSA) is 68.8 Å². The summed E-state index contributed by atoms with van der Waals surface area (Å²) in [5.41, 5.74) is 1.53. The maximum absolute atomic E-state index is 12.6. The highest BCUT2D eigenvalue weighted by atomic mass is 16.5. The van der Waals surface area contributed by atoms with E-state index in [4.69, 9.17) is 14.2 Å². The van der Waals surface area contributed by atoms with Gasteiger partial charge in [0.1, 0.15) is 6.61 Å². The Balaban J connectivity index is 1.67. The predicted octanol–water partition coefficient (Wildman–Crippen LogP) is 3.01. The monoisotopic (exact) mass is 384 g/mol. The molecule has 0 aromatic heterocycles. The minimum atomic E-state index is -0.142. The van der Waals surface area contributed by atoms with E-state index in [1.165, 1.54) is 6.42 Å². The van der Waals surface area contributed by atoms with Gasteiger partial charge in [-0.2, -0.15) is 0 Å². The Kier molecular flexibility index (Phi) is 7.14. The third-order valence-electron chi connectivity index (χ3n) is 4.95. The third kappa shape index (κ3) is 5.16. The van der Waals surface area contributed by atoms with Gasteiger partial charge in [-0.3, -0.25) is 4.79 Å². The van der Waals surface area contributed by atoms with Crippen molar-refractivity contribution >= 4 is 5.91 Å². The number of carbonyl (C=O) groups is 1. The largest absolute Gasteiger partial charge is 0.493 e. The molecule has 1 aliphatic heterocycles. The highest BCUT2D eigenvalue weighted by Crippen LogP contribution is 2.39. The highest BCUT2D eigenvalue weighted by Gasteiger charge is 2.19. The lowest BCUT2D eigenvalue weighted by Gasteiger charge is -2.16. The van der Waals surface area contributed by atoms with E-state index in [-0.39, 0.29) is 5.91 Å². The maximum Gasteiger partial charge on any atom is 0.251 e. The fraction of sp³-hybridized carbons (Fsp3) is 0.409. The molecule has 3 rings (SSSR count). The number of ether oxygens (including phenoxy) is 3. The molecule has 1 aliphatic rings. The molecular formula is C22H28N2O4. The number of methoxy groups -OCH3 is 2. The first-order valence-electron chi connectivity index (χ1n) is 9.63. The second kappa shape index (κ2) is 9.99. The summed E-state index contributed by atoms with van der Waals surface area (Å²) in [6.07, 6.45) is 2.15. The zero-order chi connectivity index (χ0) is 19.8. The summed E-state index contributed by atoms with van der Waals surface area (Å²) < 4.78 is 16.9. The number of hydrogen-bond donors (Lipinski definition) is 2. The molecule has 2 N–H and O–H groups in total. The van der Waals surface area contributed by atoms with Crippen LogP contribution in [0, 0.1) is 5.92 Å². The van der Waals surface area contributed by atoms with E-state index in [0.29, 0.717) is 41.9 Å². The van der Waals surface area contributed by atoms with Crippen molar-refractivity contribution in [3.63, 3.8) is 0 Å². The van der Waals surface area contributed by atoms with E-state index in [9.17, 15) is 4.79 Å². The summed E-state index contributed by atoms with van der Waals surface area (Å²) in [4.78, 5) is 12.6. The van der Waals surface area contributed by atoms with Crippen LogP contribution in [-0.2, 0) is 6.61 Å². The SMILES string of the molecule is COc1cc(C(=O)NCCC2CCNC2)cc(OC)c1OCc1ccccc1. The van der Waals surface area contributed by atoms with Gasteiger partial charge in [-0.1, -0.05) is 30.3 Å². The molecule has 6 nitrogen and oxygen atoms in total. The Morgan fingerprint density at radius 1 is 1.14 bits per heavy atom. The van der Waals surface area contributed by atoms with Crippen LogP contribution in [-0.4, -0.2) is 39.8 Å². The van der Waals surface area contributed by atoms with Gasteiger partial charge >= 0.3 is 0 Å². The van der Waals surface area contributed by atoms with E-state index in [2.05, 4.69) is 10.6 Å². The van der Waals surface area contributed by atoms with E-state index >= 15 is 0 Å². The molecule has 1 atom stereocenters. The van der Waals surface area contributed by atoms with Crippen molar-refractivity contribution in [1.29, 1.82) is 0 Å². The summed E-state index contributed by atoms with van der Waals surface area (Å²) in [6.45, 7) is 3.14. The summed E-state index contributed by atoms with van der Waals surface area (Å²) in [7, 11) is 3.11. The zero-order valence-corrected chi connectivity index (χ0v) is 16.5. The van der Waals surface area contributed by atoms with Crippen molar-refractivity contribution in [2.45, 2.75) is 19.4 Å². The molecule has 1 amide bonds. The average Bonchev–Trinajstić information content (AvgIpc) is 3.25. The molecule has 150 valence electrons. The highest BCUT2D eigenvalue weighted by molar-refractivity contribution is 5.95. The third-order valence-corrected chi connectivity index (χ3v) is 4.95. The number of benzene rings is 2. The van der Waals surface area contributed by atoms with Crippen LogP contribution in [0.15, 0.2) is 42.5 Å². The molecule has 1 heterocycles. The smallest absolute Gasteiger partial charge is 0.251 e. The lowest BCUT2D eigenvalue weighted by Crippen LogP contribution is -2.26. The standard InChI is InChI=1S/C22H28N2O4/c1-26-19-12-18(22(25)24-11-9-16-8-10-23-14-16)13-20(27-2)21(19)28-15-17-6-4-3-5-7-17/h3-7,12-13,16,23H,8-11,14-15H2,1-2H3,(H,24,25). The first-order valence-corrected chi connectivity index (χ1v) is 9.63. The Bertz CT molecular complexity index is 748. The molecule has 2 aromatic rings. The van der Waals surface area contributed by atoms with Crippen LogP contribution in [0.1, 0.15) is 28.8 Å². The van der Waals surface area contributed by atoms with Crippen LogP contribution >= 0.6 is 0 Å². The summed E-state index contributed by atoms with van der Waals surface area (Å²) in [5, 5.41) is 6.33. The van der Waals surface area contributed by atoms with Gasteiger partial charge in [-0.15, -0.1) is 0 Å². The molecule has 1 saturated heterocycles. The van der Waals surface area contributed by atoms with Gasteiger partial charge in [0.15, 0.2) is 11.5 Å². The Hall–Kier alpha value is -2.73. The second-order valence-electron chi connectivity index (χ2n) is 6.89. The molecule has 1 fully saturated rings. The van der Waals surface area contributed by atoms with Crippen molar-refractivity contribution in [3.8, 4) is 17.2 Å². The molecule has 1 unspecified atom stereocenters. The van der Waals surface area contributed by atoms with Gasteiger partial charge in [0.05, 0.1) is 14.2 Å². The number of nitrogens with one attached hydrogen (secondary N) is 2. The van der Waals surface area contributed by atoms with Gasteiger partial charge in [-0.05, 0) is 49.5 Å². The molecular weight excluding hydrogens is 356 g/mol. The Morgan fingerprint density at radius 3 is 2.46 bits per heavy atom. The maximum atomic E-state index is 12.6. The van der Waals surface area contributed by atoms with Crippen LogP contribution in [0.4, 0.5) is 0 Å². The summed E-state index contributed by atoms with van der Waals surface area (Å²) in [6, 6.07) is 13.2. The van der Waals surface area contributed by atoms with Crippen LogP contribution in [0.5, 0.6) is 17.2 Å². The fourth-order valence-corrected chi connectivity index (χ4v) is 3.34. The predicted molar refractivity (Wildman–Crippen MR) is 108 cm³/mol. The van der Waals surface area contributed by atoms with Crippen molar-refractivity contribution in [3.05, 3.63) is 53.6 Å². The van der Waals surface area contributed by atoms with Crippen molar-refractivity contribution < 1.29 is 19.0 Å². The van der Waals surface area contributed by atoms with Gasteiger partial charge in [0, 0.05) is 12.1 Å². The van der Waals surface area contributed by atoms with Gasteiger partial charge < -0.3 is 24.8 Å².